The molecule has 2 N–H and O–H groups in total. The Kier molecular flexibility index (Phi) is 8.43. The summed E-state index contributed by atoms with van der Waals surface area (Å²) in [4.78, 5) is 49.0. The van der Waals surface area contributed by atoms with Gasteiger partial charge < -0.3 is 15.2 Å². The predicted octanol–water partition coefficient (Wildman–Crippen LogP) is 2.10. The van der Waals surface area contributed by atoms with Gasteiger partial charge in [0, 0.05) is 13.0 Å². The van der Waals surface area contributed by atoms with E-state index in [0.29, 0.717) is 19.4 Å². The van der Waals surface area contributed by atoms with Gasteiger partial charge in [0.2, 0.25) is 5.91 Å². The second-order valence-corrected chi connectivity index (χ2v) is 7.06. The Morgan fingerprint density at radius 1 is 1.25 bits per heavy atom. The van der Waals surface area contributed by atoms with Gasteiger partial charge in [-0.2, -0.15) is 0 Å². The van der Waals surface area contributed by atoms with Crippen LogP contribution in [-0.4, -0.2) is 57.7 Å². The van der Waals surface area contributed by atoms with Crippen LogP contribution in [0.2, 0.25) is 0 Å². The quantitative estimate of drug-likeness (QED) is 0.552. The summed E-state index contributed by atoms with van der Waals surface area (Å²) in [7, 11) is 0. The number of ether oxygens (including phenoxy) is 1. The van der Waals surface area contributed by atoms with Crippen LogP contribution in [0.4, 0.5) is 4.79 Å². The van der Waals surface area contributed by atoms with Crippen LogP contribution in [0, 0.1) is 0 Å². The average Bonchev–Trinajstić information content (AvgIpc) is 3.19. The lowest BCUT2D eigenvalue weighted by Crippen LogP contribution is -2.51. The fourth-order valence-corrected chi connectivity index (χ4v) is 3.24. The third-order valence-corrected chi connectivity index (χ3v) is 5.10. The van der Waals surface area contributed by atoms with Gasteiger partial charge in [0.1, 0.15) is 24.5 Å². The van der Waals surface area contributed by atoms with Gasteiger partial charge in [-0.05, 0) is 24.8 Å². The summed E-state index contributed by atoms with van der Waals surface area (Å²) < 4.78 is 5.28. The molecule has 0 aliphatic carbocycles. The number of Topliss-reactive ketones (excluding diaryl/α,β-unsaturated/α-hetero) is 1. The first kappa shape index (κ1) is 21.9. The van der Waals surface area contributed by atoms with Crippen LogP contribution in [0.3, 0.4) is 0 Å². The van der Waals surface area contributed by atoms with Gasteiger partial charge in [0.15, 0.2) is 0 Å². The van der Waals surface area contributed by atoms with Gasteiger partial charge in [0.05, 0.1) is 5.33 Å². The van der Waals surface area contributed by atoms with Crippen molar-refractivity contribution in [2.24, 2.45) is 0 Å². The molecule has 9 heteroatoms. The van der Waals surface area contributed by atoms with Crippen molar-refractivity contribution in [2.45, 2.75) is 44.4 Å². The van der Waals surface area contributed by atoms with E-state index < -0.39 is 30.1 Å². The third-order valence-electron chi connectivity index (χ3n) is 4.47. The summed E-state index contributed by atoms with van der Waals surface area (Å²) in [5, 5.41) is 11.9. The Labute approximate surface area is 171 Å². The molecule has 1 heterocycles. The molecule has 1 aliphatic heterocycles. The summed E-state index contributed by atoms with van der Waals surface area (Å²) >= 11 is 3.02. The van der Waals surface area contributed by atoms with Crippen molar-refractivity contribution < 1.29 is 29.0 Å². The number of nitrogens with one attached hydrogen (secondary N) is 1. The molecule has 28 heavy (non-hydrogen) atoms. The van der Waals surface area contributed by atoms with Crippen LogP contribution in [0.5, 0.6) is 0 Å². The zero-order valence-electron chi connectivity index (χ0n) is 15.3. The topological polar surface area (TPSA) is 113 Å². The number of benzene rings is 1. The summed E-state index contributed by atoms with van der Waals surface area (Å²) in [6.07, 6.45) is 0.479. The largest absolute Gasteiger partial charge is 0.480 e. The highest BCUT2D eigenvalue weighted by molar-refractivity contribution is 9.09. The molecule has 2 atom stereocenters. The molecule has 1 aromatic carbocycles. The highest BCUT2D eigenvalue weighted by atomic mass is 79.9. The van der Waals surface area contributed by atoms with Gasteiger partial charge in [-0.3, -0.25) is 14.5 Å². The van der Waals surface area contributed by atoms with E-state index in [1.807, 2.05) is 30.3 Å². The van der Waals surface area contributed by atoms with Crippen molar-refractivity contribution in [2.75, 3.05) is 11.9 Å². The lowest BCUT2D eigenvalue weighted by molar-refractivity contribution is -0.142. The maximum atomic E-state index is 12.5. The van der Waals surface area contributed by atoms with E-state index in [-0.39, 0.29) is 30.6 Å². The van der Waals surface area contributed by atoms with Crippen molar-refractivity contribution in [3.8, 4) is 0 Å². The number of carboxylic acids is 1. The van der Waals surface area contributed by atoms with E-state index in [1.165, 1.54) is 4.90 Å². The number of rotatable bonds is 9. The maximum Gasteiger partial charge on any atom is 0.410 e. The van der Waals surface area contributed by atoms with Crippen LogP contribution in [0.15, 0.2) is 30.3 Å². The molecular weight excluding hydrogens is 432 g/mol. The number of carbonyl (C=O) groups excluding carboxylic acids is 3. The maximum absolute atomic E-state index is 12.5. The van der Waals surface area contributed by atoms with Gasteiger partial charge in [-0.15, -0.1) is 0 Å². The highest BCUT2D eigenvalue weighted by Crippen LogP contribution is 2.19. The van der Waals surface area contributed by atoms with Crippen LogP contribution >= 0.6 is 15.9 Å². The highest BCUT2D eigenvalue weighted by Gasteiger charge is 2.36. The molecule has 1 saturated heterocycles. The van der Waals surface area contributed by atoms with Gasteiger partial charge in [-0.25, -0.2) is 9.59 Å². The minimum absolute atomic E-state index is 0.00329. The molecule has 1 aromatic rings. The molecule has 1 fully saturated rings. The number of aliphatic carboxylic acids is 1. The Bertz CT molecular complexity index is 712. The summed E-state index contributed by atoms with van der Waals surface area (Å²) in [5.41, 5.74) is 0.832. The van der Waals surface area contributed by atoms with E-state index >= 15 is 0 Å². The Morgan fingerprint density at radius 3 is 2.61 bits per heavy atom. The number of hydrogen-bond acceptors (Lipinski definition) is 5. The second kappa shape index (κ2) is 10.8. The van der Waals surface area contributed by atoms with Gasteiger partial charge in [0.25, 0.3) is 0 Å². The van der Waals surface area contributed by atoms with Crippen molar-refractivity contribution >= 4 is 39.7 Å². The summed E-state index contributed by atoms with van der Waals surface area (Å²) in [6.45, 7) is 0.461. The van der Waals surface area contributed by atoms with E-state index in [2.05, 4.69) is 21.2 Å². The molecule has 1 aliphatic rings. The number of likely N-dealkylation sites (tertiary alicyclic amines) is 1. The fourth-order valence-electron chi connectivity index (χ4n) is 2.96. The lowest BCUT2D eigenvalue weighted by Gasteiger charge is -2.25. The Balaban J connectivity index is 1.92. The molecule has 0 aromatic heterocycles. The summed E-state index contributed by atoms with van der Waals surface area (Å²) in [6, 6.07) is 7.22. The van der Waals surface area contributed by atoms with Crippen molar-refractivity contribution in [1.82, 2.24) is 10.2 Å². The molecule has 0 spiro atoms. The molecule has 2 rings (SSSR count). The van der Waals surface area contributed by atoms with E-state index in [0.717, 1.165) is 5.56 Å². The Hall–Kier alpha value is -2.42. The first-order valence-corrected chi connectivity index (χ1v) is 10.1. The predicted molar refractivity (Wildman–Crippen MR) is 104 cm³/mol. The number of ketones is 1. The molecule has 152 valence electrons. The minimum Gasteiger partial charge on any atom is -0.480 e. The molecule has 0 saturated carbocycles. The van der Waals surface area contributed by atoms with Crippen LogP contribution in [0.1, 0.15) is 31.2 Å². The number of carbonyl (C=O) groups is 4. The second-order valence-electron chi connectivity index (χ2n) is 6.50. The number of hydrogen-bond donors (Lipinski definition) is 2. The van der Waals surface area contributed by atoms with E-state index in [4.69, 9.17) is 4.74 Å². The lowest BCUT2D eigenvalue weighted by atomic mass is 10.1. The smallest absolute Gasteiger partial charge is 0.410 e. The van der Waals surface area contributed by atoms with Crippen molar-refractivity contribution in [3.63, 3.8) is 0 Å². The summed E-state index contributed by atoms with van der Waals surface area (Å²) in [5.74, 6) is -1.91. The first-order valence-electron chi connectivity index (χ1n) is 9.00. The minimum atomic E-state index is -1.22. The molecule has 0 radical (unpaired) electrons. The van der Waals surface area contributed by atoms with Gasteiger partial charge in [-0.1, -0.05) is 46.3 Å². The number of carboxylic acid groups (broad SMARTS) is 1. The fraction of sp³-hybridized carbons (Fsp3) is 0.474. The Morgan fingerprint density at radius 2 is 1.96 bits per heavy atom. The molecular formula is C19H23BrN2O6. The van der Waals surface area contributed by atoms with E-state index in [9.17, 15) is 24.3 Å². The van der Waals surface area contributed by atoms with Gasteiger partial charge >= 0.3 is 12.1 Å². The zero-order chi connectivity index (χ0) is 20.5. The first-order chi connectivity index (χ1) is 13.4. The number of amides is 2. The number of halogens is 1. The standard InChI is InChI=1S/C19H23BrN2O6/c20-11-14(23)8-9-15(18(25)26)21-17(24)16-7-4-10-22(16)19(27)28-12-13-5-2-1-3-6-13/h1-3,5-6,15-16H,4,7-12H2,(H,21,24)(H,25,26). The van der Waals surface area contributed by atoms with E-state index in [1.54, 1.807) is 0 Å². The van der Waals surface area contributed by atoms with Crippen molar-refractivity contribution in [1.29, 1.82) is 0 Å². The normalized spacial score (nSPS) is 17.0. The SMILES string of the molecule is O=C(CBr)CCC(NC(=O)C1CCCN1C(=O)OCc1ccccc1)C(=O)O. The number of nitrogens with zero attached hydrogens (tertiary/aromatic N) is 1. The number of alkyl halides is 1. The molecule has 8 nitrogen and oxygen atoms in total. The van der Waals surface area contributed by atoms with Crippen LogP contribution in [0.25, 0.3) is 0 Å². The third kappa shape index (κ3) is 6.33. The van der Waals surface area contributed by atoms with Crippen LogP contribution < -0.4 is 5.32 Å². The average molecular weight is 455 g/mol. The molecule has 2 unspecified atom stereocenters. The monoisotopic (exact) mass is 454 g/mol. The zero-order valence-corrected chi connectivity index (χ0v) is 16.9. The van der Waals surface area contributed by atoms with Crippen LogP contribution in [-0.2, 0) is 25.7 Å². The van der Waals surface area contributed by atoms with Crippen molar-refractivity contribution in [3.05, 3.63) is 35.9 Å². The molecule has 2 amide bonds. The molecule has 0 bridgehead atoms.